The van der Waals surface area contributed by atoms with Crippen molar-refractivity contribution >= 4 is 34.8 Å². The zero-order valence-electron chi connectivity index (χ0n) is 11.0. The summed E-state index contributed by atoms with van der Waals surface area (Å²) in [6, 6.07) is 3.71. The number of nitrogens with zero attached hydrogens (tertiary/aromatic N) is 3. The van der Waals surface area contributed by atoms with Gasteiger partial charge in [-0.25, -0.2) is 4.68 Å². The number of carboxylic acids is 1. The van der Waals surface area contributed by atoms with E-state index in [9.17, 15) is 9.59 Å². The predicted molar refractivity (Wildman–Crippen MR) is 77.2 cm³/mol. The maximum Gasteiger partial charge on any atom is 0.325 e. The van der Waals surface area contributed by atoms with Crippen LogP contribution in [0.5, 0.6) is 0 Å². The van der Waals surface area contributed by atoms with Crippen molar-refractivity contribution in [3.8, 4) is 0 Å². The van der Waals surface area contributed by atoms with Gasteiger partial charge in [0.15, 0.2) is 0 Å². The monoisotopic (exact) mass is 328 g/mol. The van der Waals surface area contributed by atoms with Crippen molar-refractivity contribution in [2.45, 2.75) is 25.9 Å². The van der Waals surface area contributed by atoms with Crippen LogP contribution >= 0.6 is 22.9 Å². The molecule has 0 bridgehead atoms. The molecular formula is C12H13ClN4O3S. The number of aliphatic carboxylic acids is 1. The molecule has 2 aromatic rings. The van der Waals surface area contributed by atoms with Crippen LogP contribution in [0.3, 0.4) is 0 Å². The van der Waals surface area contributed by atoms with Gasteiger partial charge in [-0.05, 0) is 18.6 Å². The number of carbonyl (C=O) groups is 2. The number of amides is 1. The van der Waals surface area contributed by atoms with Gasteiger partial charge >= 0.3 is 5.97 Å². The van der Waals surface area contributed by atoms with Gasteiger partial charge in [-0.1, -0.05) is 16.8 Å². The van der Waals surface area contributed by atoms with E-state index >= 15 is 0 Å². The highest BCUT2D eigenvalue weighted by Gasteiger charge is 2.07. The molecule has 21 heavy (non-hydrogen) atoms. The number of aryl methyl sites for hydroxylation is 1. The molecular weight excluding hydrogens is 316 g/mol. The summed E-state index contributed by atoms with van der Waals surface area (Å²) < 4.78 is 1.91. The lowest BCUT2D eigenvalue weighted by atomic mass is 10.2. The van der Waals surface area contributed by atoms with Gasteiger partial charge in [0.25, 0.3) is 0 Å². The van der Waals surface area contributed by atoms with Crippen LogP contribution in [0.1, 0.15) is 17.0 Å². The largest absolute Gasteiger partial charge is 0.480 e. The second-order valence-electron chi connectivity index (χ2n) is 4.28. The lowest BCUT2D eigenvalue weighted by Gasteiger charge is -2.01. The lowest BCUT2D eigenvalue weighted by molar-refractivity contribution is -0.138. The van der Waals surface area contributed by atoms with E-state index in [0.29, 0.717) is 22.9 Å². The van der Waals surface area contributed by atoms with Crippen LogP contribution in [0.25, 0.3) is 0 Å². The SMILES string of the molecule is O=C(O)Cn1cc(CNC(=O)CCc2ccc(Cl)s2)nn1. The Morgan fingerprint density at radius 1 is 1.43 bits per heavy atom. The van der Waals surface area contributed by atoms with Gasteiger partial charge < -0.3 is 10.4 Å². The first-order chi connectivity index (χ1) is 10.0. The smallest absolute Gasteiger partial charge is 0.325 e. The highest BCUT2D eigenvalue weighted by Crippen LogP contribution is 2.22. The highest BCUT2D eigenvalue weighted by molar-refractivity contribution is 7.16. The normalized spacial score (nSPS) is 10.5. The molecule has 2 rings (SSSR count). The van der Waals surface area contributed by atoms with Crippen molar-refractivity contribution in [2.24, 2.45) is 0 Å². The zero-order valence-corrected chi connectivity index (χ0v) is 12.5. The summed E-state index contributed by atoms with van der Waals surface area (Å²) in [6.07, 6.45) is 2.49. The molecule has 0 aliphatic heterocycles. The number of aromatic nitrogens is 3. The molecule has 2 heterocycles. The average Bonchev–Trinajstić information content (AvgIpc) is 3.02. The van der Waals surface area contributed by atoms with Crippen LogP contribution in [0.4, 0.5) is 0 Å². The standard InChI is InChI=1S/C12H13ClN4O3S/c13-10-3-1-9(21-10)2-4-11(18)14-5-8-6-17(16-15-8)7-12(19)20/h1,3,6H,2,4-5,7H2,(H,14,18)(H,19,20). The van der Waals surface area contributed by atoms with Crippen LogP contribution in [0.15, 0.2) is 18.3 Å². The van der Waals surface area contributed by atoms with Crippen molar-refractivity contribution < 1.29 is 14.7 Å². The Morgan fingerprint density at radius 2 is 2.24 bits per heavy atom. The van der Waals surface area contributed by atoms with Crippen molar-refractivity contribution in [2.75, 3.05) is 0 Å². The van der Waals surface area contributed by atoms with Gasteiger partial charge in [0.05, 0.1) is 17.1 Å². The maximum atomic E-state index is 11.7. The predicted octanol–water partition coefficient (Wildman–Crippen LogP) is 1.33. The van der Waals surface area contributed by atoms with E-state index in [-0.39, 0.29) is 19.0 Å². The minimum Gasteiger partial charge on any atom is -0.480 e. The van der Waals surface area contributed by atoms with Gasteiger partial charge in [-0.3, -0.25) is 9.59 Å². The first-order valence-corrected chi connectivity index (χ1v) is 7.34. The van der Waals surface area contributed by atoms with Gasteiger partial charge in [0.2, 0.25) is 5.91 Å². The Labute approximate surface area is 129 Å². The minimum atomic E-state index is -0.995. The first kappa shape index (κ1) is 15.5. The average molecular weight is 329 g/mol. The number of nitrogens with one attached hydrogen (secondary N) is 1. The summed E-state index contributed by atoms with van der Waals surface area (Å²) in [4.78, 5) is 23.2. The lowest BCUT2D eigenvalue weighted by Crippen LogP contribution is -2.23. The molecule has 0 fully saturated rings. The fourth-order valence-corrected chi connectivity index (χ4v) is 2.72. The molecule has 2 aromatic heterocycles. The Kier molecular flexibility index (Phi) is 5.29. The molecule has 1 amide bonds. The fraction of sp³-hybridized carbons (Fsp3) is 0.333. The summed E-state index contributed by atoms with van der Waals surface area (Å²) in [5, 5.41) is 18.8. The zero-order chi connectivity index (χ0) is 15.2. The topological polar surface area (TPSA) is 97.1 Å². The Balaban J connectivity index is 1.73. The Morgan fingerprint density at radius 3 is 2.90 bits per heavy atom. The van der Waals surface area contributed by atoms with E-state index in [1.165, 1.54) is 22.2 Å². The molecule has 0 radical (unpaired) electrons. The van der Waals surface area contributed by atoms with Crippen molar-refractivity contribution in [1.29, 1.82) is 0 Å². The quantitative estimate of drug-likeness (QED) is 0.799. The molecule has 0 unspecified atom stereocenters. The van der Waals surface area contributed by atoms with E-state index in [4.69, 9.17) is 16.7 Å². The highest BCUT2D eigenvalue weighted by atomic mass is 35.5. The minimum absolute atomic E-state index is 0.104. The molecule has 9 heteroatoms. The summed E-state index contributed by atoms with van der Waals surface area (Å²) in [7, 11) is 0. The van der Waals surface area contributed by atoms with Gasteiger partial charge in [-0.2, -0.15) is 0 Å². The molecule has 0 saturated heterocycles. The van der Waals surface area contributed by atoms with Crippen molar-refractivity contribution in [3.63, 3.8) is 0 Å². The van der Waals surface area contributed by atoms with Gasteiger partial charge in [-0.15, -0.1) is 16.4 Å². The molecule has 0 aromatic carbocycles. The van der Waals surface area contributed by atoms with Crippen LogP contribution in [-0.2, 0) is 29.1 Å². The summed E-state index contributed by atoms with van der Waals surface area (Å²) >= 11 is 7.27. The van der Waals surface area contributed by atoms with E-state index in [1.54, 1.807) is 6.07 Å². The van der Waals surface area contributed by atoms with Crippen LogP contribution in [0.2, 0.25) is 4.34 Å². The van der Waals surface area contributed by atoms with E-state index < -0.39 is 5.97 Å². The molecule has 0 atom stereocenters. The van der Waals surface area contributed by atoms with E-state index in [2.05, 4.69) is 15.6 Å². The fourth-order valence-electron chi connectivity index (χ4n) is 1.64. The third-order valence-electron chi connectivity index (χ3n) is 2.58. The molecule has 0 saturated carbocycles. The second-order valence-corrected chi connectivity index (χ2v) is 6.08. The first-order valence-electron chi connectivity index (χ1n) is 6.14. The van der Waals surface area contributed by atoms with E-state index in [0.717, 1.165) is 4.88 Å². The summed E-state index contributed by atoms with van der Waals surface area (Å²) in [6.45, 7) is -0.0241. The third kappa shape index (κ3) is 5.16. The third-order valence-corrected chi connectivity index (χ3v) is 3.87. The van der Waals surface area contributed by atoms with Crippen molar-refractivity contribution in [3.05, 3.63) is 33.2 Å². The second kappa shape index (κ2) is 7.19. The van der Waals surface area contributed by atoms with Crippen LogP contribution in [0, 0.1) is 0 Å². The van der Waals surface area contributed by atoms with Gasteiger partial charge in [0, 0.05) is 11.3 Å². The summed E-state index contributed by atoms with van der Waals surface area (Å²) in [5.41, 5.74) is 0.517. The molecule has 2 N–H and O–H groups in total. The molecule has 0 spiro atoms. The number of thiophene rings is 1. The Hall–Kier alpha value is -1.93. The van der Waals surface area contributed by atoms with Gasteiger partial charge in [0.1, 0.15) is 12.2 Å². The number of carbonyl (C=O) groups excluding carboxylic acids is 1. The van der Waals surface area contributed by atoms with E-state index in [1.807, 2.05) is 6.07 Å². The maximum absolute atomic E-state index is 11.7. The molecule has 7 nitrogen and oxygen atoms in total. The van der Waals surface area contributed by atoms with Crippen LogP contribution < -0.4 is 5.32 Å². The number of hydrogen-bond acceptors (Lipinski definition) is 5. The van der Waals surface area contributed by atoms with Crippen LogP contribution in [-0.4, -0.2) is 32.0 Å². The summed E-state index contributed by atoms with van der Waals surface area (Å²) in [5.74, 6) is -1.10. The number of halogens is 1. The number of rotatable bonds is 7. The molecule has 0 aliphatic carbocycles. The van der Waals surface area contributed by atoms with Crippen molar-refractivity contribution in [1.82, 2.24) is 20.3 Å². The number of carboxylic acid groups (broad SMARTS) is 1. The molecule has 0 aliphatic rings. The molecule has 112 valence electrons. The number of hydrogen-bond donors (Lipinski definition) is 2. The Bertz CT molecular complexity index is 640.